The monoisotopic (exact) mass is 910 g/mol. The number of para-hydroxylation sites is 1. The zero-order valence-corrected chi connectivity index (χ0v) is 39.5. The van der Waals surface area contributed by atoms with Gasteiger partial charge in [-0.25, -0.2) is 14.8 Å². The molecular formula is C53H63ClN8O4. The molecule has 1 spiro atoms. The standard InChI is InChI=1S/C53H63ClN8O4/c1-52(2,41-30-38(33-55)31-42(54)32-41)40-10-12-44(13-11-40)66-35-43-18-25-56-50(57-43)61-28-23-53(24-29-61)21-16-36(17-22-53)6-4-7-37-19-26-60(27-20-37)34-39-8-5-9-45-48(39)59(3)51(65)62(45)46-14-15-47(63)58-49(46)64/h5,8-13,18,25,30-32,36-37,46H,4,6-7,14-17,19-24,26-29,34-35H2,1-3H3,(H,58,63,64). The number of imide groups is 1. The van der Waals surface area contributed by atoms with E-state index in [4.69, 9.17) is 21.3 Å². The summed E-state index contributed by atoms with van der Waals surface area (Å²) in [6.07, 6.45) is 16.6. The molecule has 1 N–H and O–H groups in total. The van der Waals surface area contributed by atoms with Gasteiger partial charge in [0.05, 0.1) is 28.4 Å². The normalized spacial score (nSPS) is 19.9. The molecule has 2 aromatic heterocycles. The van der Waals surface area contributed by atoms with Crippen LogP contribution in [0.25, 0.3) is 11.0 Å². The third kappa shape index (κ3) is 9.79. The van der Waals surface area contributed by atoms with E-state index in [0.717, 1.165) is 89.7 Å². The van der Waals surface area contributed by atoms with Crippen molar-refractivity contribution in [2.45, 2.75) is 122 Å². The Morgan fingerprint density at radius 1 is 0.879 bits per heavy atom. The summed E-state index contributed by atoms with van der Waals surface area (Å²) >= 11 is 6.32. The molecule has 1 atom stereocenters. The smallest absolute Gasteiger partial charge is 0.329 e. The van der Waals surface area contributed by atoms with Gasteiger partial charge in [0.1, 0.15) is 18.4 Å². The van der Waals surface area contributed by atoms with Gasteiger partial charge in [-0.05, 0) is 147 Å². The number of piperidine rings is 3. The number of anilines is 1. The molecule has 12 nitrogen and oxygen atoms in total. The Hall–Kier alpha value is -5.51. The number of carbonyl (C=O) groups excluding carboxylic acids is 2. The second-order valence-corrected chi connectivity index (χ2v) is 20.6. The van der Waals surface area contributed by atoms with E-state index in [2.05, 4.69) is 58.2 Å². The van der Waals surface area contributed by atoms with Crippen molar-refractivity contribution in [1.29, 1.82) is 5.26 Å². The topological polar surface area (TPSA) is 138 Å². The number of hydrogen-bond donors (Lipinski definition) is 1. The van der Waals surface area contributed by atoms with Crippen LogP contribution >= 0.6 is 11.6 Å². The molecule has 5 heterocycles. The van der Waals surface area contributed by atoms with Crippen LogP contribution in [0.2, 0.25) is 5.02 Å². The summed E-state index contributed by atoms with van der Waals surface area (Å²) in [6, 6.07) is 23.1. The van der Waals surface area contributed by atoms with Gasteiger partial charge in [0.15, 0.2) is 0 Å². The van der Waals surface area contributed by atoms with E-state index in [-0.39, 0.29) is 23.4 Å². The molecule has 66 heavy (non-hydrogen) atoms. The molecule has 346 valence electrons. The van der Waals surface area contributed by atoms with Gasteiger partial charge in [-0.3, -0.25) is 28.9 Å². The summed E-state index contributed by atoms with van der Waals surface area (Å²) in [6.45, 7) is 9.52. The van der Waals surface area contributed by atoms with E-state index < -0.39 is 11.9 Å². The van der Waals surface area contributed by atoms with Crippen molar-refractivity contribution in [2.24, 2.45) is 24.3 Å². The number of hydrogen-bond acceptors (Lipinski definition) is 9. The fourth-order valence-corrected chi connectivity index (χ4v) is 11.7. The molecule has 5 aromatic rings. The molecule has 2 amide bonds. The third-order valence-electron chi connectivity index (χ3n) is 15.7. The van der Waals surface area contributed by atoms with Crippen LogP contribution in [-0.4, -0.2) is 62.0 Å². The number of amides is 2. The second-order valence-electron chi connectivity index (χ2n) is 20.2. The lowest BCUT2D eigenvalue weighted by molar-refractivity contribution is -0.135. The summed E-state index contributed by atoms with van der Waals surface area (Å²) < 4.78 is 9.44. The van der Waals surface area contributed by atoms with Crippen LogP contribution in [0.4, 0.5) is 5.95 Å². The average molecular weight is 912 g/mol. The van der Waals surface area contributed by atoms with E-state index in [1.165, 1.54) is 70.6 Å². The maximum absolute atomic E-state index is 13.4. The molecule has 13 heteroatoms. The van der Waals surface area contributed by atoms with Gasteiger partial charge >= 0.3 is 5.69 Å². The number of rotatable bonds is 13. The molecule has 1 unspecified atom stereocenters. The van der Waals surface area contributed by atoms with Gasteiger partial charge in [-0.1, -0.05) is 69.0 Å². The van der Waals surface area contributed by atoms with Gasteiger partial charge in [-0.15, -0.1) is 0 Å². The lowest BCUT2D eigenvalue weighted by atomic mass is 9.65. The Labute approximate surface area is 393 Å². The summed E-state index contributed by atoms with van der Waals surface area (Å²) in [7, 11) is 1.79. The first-order valence-corrected chi connectivity index (χ1v) is 24.5. The molecule has 1 saturated carbocycles. The summed E-state index contributed by atoms with van der Waals surface area (Å²) in [5.74, 6) is 2.51. The van der Waals surface area contributed by atoms with Crippen molar-refractivity contribution in [3.8, 4) is 11.8 Å². The molecular weight excluding hydrogens is 848 g/mol. The van der Waals surface area contributed by atoms with Crippen LogP contribution in [0.1, 0.15) is 131 Å². The van der Waals surface area contributed by atoms with E-state index >= 15 is 0 Å². The number of imidazole rings is 1. The molecule has 9 rings (SSSR count). The number of ether oxygens (including phenoxy) is 1. The van der Waals surface area contributed by atoms with Crippen LogP contribution in [-0.2, 0) is 35.2 Å². The SMILES string of the molecule is Cn1c(=O)n(C2CCC(=O)NC2=O)c2cccc(CN3CCC(CCCC4CCC5(CC4)CCN(c4nccc(COc6ccc(C(C)(C)c7cc(Cl)cc(C#N)c7)cc6)n4)CC5)CC3)c21. The fraction of sp³-hybridized carbons (Fsp3) is 0.509. The van der Waals surface area contributed by atoms with Gasteiger partial charge in [0.2, 0.25) is 17.8 Å². The minimum Gasteiger partial charge on any atom is -0.487 e. The fourth-order valence-electron chi connectivity index (χ4n) is 11.4. The number of fused-ring (bicyclic) bond motifs is 1. The highest BCUT2D eigenvalue weighted by Gasteiger charge is 2.39. The van der Waals surface area contributed by atoms with Gasteiger partial charge in [0, 0.05) is 49.7 Å². The Kier molecular flexibility index (Phi) is 13.4. The average Bonchev–Trinajstić information content (AvgIpc) is 3.58. The number of nitrogens with zero attached hydrogens (tertiary/aromatic N) is 7. The second kappa shape index (κ2) is 19.4. The van der Waals surface area contributed by atoms with Crippen LogP contribution in [0.3, 0.4) is 0 Å². The first-order chi connectivity index (χ1) is 31.9. The van der Waals surface area contributed by atoms with Crippen LogP contribution in [0, 0.1) is 28.6 Å². The van der Waals surface area contributed by atoms with Gasteiger partial charge in [0.25, 0.3) is 0 Å². The maximum Gasteiger partial charge on any atom is 0.329 e. The van der Waals surface area contributed by atoms with E-state index in [1.54, 1.807) is 22.2 Å². The molecule has 1 aliphatic carbocycles. The van der Waals surface area contributed by atoms with Crippen molar-refractivity contribution in [2.75, 3.05) is 31.1 Å². The van der Waals surface area contributed by atoms with Crippen molar-refractivity contribution in [1.82, 2.24) is 29.3 Å². The van der Waals surface area contributed by atoms with E-state index in [0.29, 0.717) is 29.0 Å². The predicted molar refractivity (Wildman–Crippen MR) is 257 cm³/mol. The quantitative estimate of drug-likeness (QED) is 0.115. The Morgan fingerprint density at radius 3 is 2.32 bits per heavy atom. The first kappa shape index (κ1) is 45.6. The lowest BCUT2D eigenvalue weighted by Crippen LogP contribution is -2.44. The lowest BCUT2D eigenvalue weighted by Gasteiger charge is -2.46. The van der Waals surface area contributed by atoms with E-state index in [1.807, 2.05) is 48.7 Å². The molecule has 0 radical (unpaired) electrons. The van der Waals surface area contributed by atoms with Crippen LogP contribution in [0.15, 0.2) is 77.7 Å². The largest absolute Gasteiger partial charge is 0.487 e. The molecule has 4 fully saturated rings. The van der Waals surface area contributed by atoms with Gasteiger partial charge < -0.3 is 9.64 Å². The number of benzene rings is 3. The van der Waals surface area contributed by atoms with Gasteiger partial charge in [-0.2, -0.15) is 5.26 Å². The number of likely N-dealkylation sites (tertiary alicyclic amines) is 1. The van der Waals surface area contributed by atoms with Crippen LogP contribution in [0.5, 0.6) is 5.75 Å². The van der Waals surface area contributed by atoms with Crippen molar-refractivity contribution in [3.63, 3.8) is 0 Å². The summed E-state index contributed by atoms with van der Waals surface area (Å²) in [4.78, 5) is 52.4. The van der Waals surface area contributed by atoms with Crippen molar-refractivity contribution < 1.29 is 14.3 Å². The molecule has 3 aromatic carbocycles. The zero-order chi connectivity index (χ0) is 46.0. The molecule has 0 bridgehead atoms. The molecule has 4 aliphatic rings. The van der Waals surface area contributed by atoms with Crippen molar-refractivity contribution >= 4 is 40.4 Å². The first-order valence-electron chi connectivity index (χ1n) is 24.1. The number of halogens is 1. The van der Waals surface area contributed by atoms with E-state index in [9.17, 15) is 19.6 Å². The third-order valence-corrected chi connectivity index (χ3v) is 15.9. The predicted octanol–water partition coefficient (Wildman–Crippen LogP) is 9.40. The number of nitrogens with one attached hydrogen (secondary N) is 1. The highest BCUT2D eigenvalue weighted by atomic mass is 35.5. The minimum atomic E-state index is -0.669. The number of aromatic nitrogens is 4. The number of carbonyl (C=O) groups is 2. The maximum atomic E-state index is 13.4. The molecule has 3 aliphatic heterocycles. The zero-order valence-electron chi connectivity index (χ0n) is 38.7. The molecule has 3 saturated heterocycles. The minimum absolute atomic E-state index is 0.214. The van der Waals surface area contributed by atoms with Crippen LogP contribution < -0.4 is 20.6 Å². The Bertz CT molecular complexity index is 2660. The Morgan fingerprint density at radius 2 is 1.61 bits per heavy atom. The number of nitriles is 1. The Balaban J connectivity index is 0.688. The van der Waals surface area contributed by atoms with Crippen molar-refractivity contribution in [3.05, 3.63) is 116 Å². The number of aryl methyl sites for hydroxylation is 1. The summed E-state index contributed by atoms with van der Waals surface area (Å²) in [5.41, 5.74) is 6.17. The highest BCUT2D eigenvalue weighted by molar-refractivity contribution is 6.30. The summed E-state index contributed by atoms with van der Waals surface area (Å²) in [5, 5.41) is 12.4. The highest BCUT2D eigenvalue weighted by Crippen LogP contribution is 2.48.